The van der Waals surface area contributed by atoms with Crippen molar-refractivity contribution in [3.05, 3.63) is 16.0 Å². The number of pyridine rings is 1. The van der Waals surface area contributed by atoms with Gasteiger partial charge in [0.15, 0.2) is 5.75 Å². The first kappa shape index (κ1) is 10.4. The Morgan fingerprint density at radius 1 is 1.38 bits per heavy atom. The van der Waals surface area contributed by atoms with Gasteiger partial charge in [-0.2, -0.15) is 0 Å². The number of ether oxygens (including phenoxy) is 1. The highest BCUT2D eigenvalue weighted by atomic mass is 127. The molecule has 1 rings (SSSR count). The number of nitrogens with two attached hydrogens (primary N) is 1. The van der Waals surface area contributed by atoms with Crippen molar-refractivity contribution in [3.8, 4) is 5.75 Å². The predicted molar refractivity (Wildman–Crippen MR) is 48.0 cm³/mol. The zero-order chi connectivity index (χ0) is 10.1. The SMILES string of the molecule is Nc1cncc(I)c1OC(F)(F)F. The summed E-state index contributed by atoms with van der Waals surface area (Å²) in [6.07, 6.45) is -2.39. The molecule has 72 valence electrons. The van der Waals surface area contributed by atoms with Crippen molar-refractivity contribution in [1.29, 1.82) is 0 Å². The summed E-state index contributed by atoms with van der Waals surface area (Å²) in [4.78, 5) is 3.59. The van der Waals surface area contributed by atoms with Crippen molar-refractivity contribution < 1.29 is 17.9 Å². The monoisotopic (exact) mass is 304 g/mol. The Morgan fingerprint density at radius 3 is 2.46 bits per heavy atom. The molecule has 0 aliphatic carbocycles. The molecule has 1 heterocycles. The van der Waals surface area contributed by atoms with Gasteiger partial charge in [-0.1, -0.05) is 0 Å². The smallest absolute Gasteiger partial charge is 0.402 e. The molecule has 0 amide bonds. The Hall–Kier alpha value is -0.730. The van der Waals surface area contributed by atoms with Crippen LogP contribution in [-0.4, -0.2) is 11.3 Å². The minimum atomic E-state index is -4.73. The van der Waals surface area contributed by atoms with Crippen LogP contribution >= 0.6 is 22.6 Å². The van der Waals surface area contributed by atoms with Crippen LogP contribution < -0.4 is 10.5 Å². The lowest BCUT2D eigenvalue weighted by atomic mass is 10.4. The van der Waals surface area contributed by atoms with Crippen molar-refractivity contribution in [3.63, 3.8) is 0 Å². The standard InChI is InChI=1S/C6H4F3IN2O/c7-6(8,9)13-5-3(10)1-12-2-4(5)11/h1-2H,11H2. The second-order valence-electron chi connectivity index (χ2n) is 2.09. The number of nitrogen functional groups attached to an aromatic ring is 1. The molecule has 0 fully saturated rings. The maximum Gasteiger partial charge on any atom is 0.573 e. The molecule has 13 heavy (non-hydrogen) atoms. The van der Waals surface area contributed by atoms with E-state index in [-0.39, 0.29) is 9.26 Å². The van der Waals surface area contributed by atoms with Crippen LogP contribution in [0.2, 0.25) is 0 Å². The minimum absolute atomic E-state index is 0.135. The van der Waals surface area contributed by atoms with Gasteiger partial charge in [0.25, 0.3) is 0 Å². The normalized spacial score (nSPS) is 11.4. The predicted octanol–water partition coefficient (Wildman–Crippen LogP) is 2.17. The number of aromatic nitrogens is 1. The molecular weight excluding hydrogens is 300 g/mol. The molecule has 0 aromatic carbocycles. The van der Waals surface area contributed by atoms with Gasteiger partial charge in [0.05, 0.1) is 15.5 Å². The Morgan fingerprint density at radius 2 is 2.00 bits per heavy atom. The van der Waals surface area contributed by atoms with Gasteiger partial charge in [0, 0.05) is 6.20 Å². The van der Waals surface area contributed by atoms with E-state index in [0.29, 0.717) is 0 Å². The van der Waals surface area contributed by atoms with Crippen LogP contribution in [0.5, 0.6) is 5.75 Å². The summed E-state index contributed by atoms with van der Waals surface area (Å²) in [5, 5.41) is 0. The Labute approximate surface area is 85.2 Å². The summed E-state index contributed by atoms with van der Waals surface area (Å²) < 4.78 is 39.3. The summed E-state index contributed by atoms with van der Waals surface area (Å²) in [6.45, 7) is 0. The fourth-order valence-corrected chi connectivity index (χ4v) is 1.24. The van der Waals surface area contributed by atoms with Gasteiger partial charge in [-0.3, -0.25) is 4.98 Å². The summed E-state index contributed by atoms with van der Waals surface area (Å²) in [7, 11) is 0. The molecule has 0 saturated heterocycles. The van der Waals surface area contributed by atoms with Gasteiger partial charge >= 0.3 is 6.36 Å². The lowest BCUT2D eigenvalue weighted by molar-refractivity contribution is -0.274. The van der Waals surface area contributed by atoms with E-state index in [1.165, 1.54) is 6.20 Å². The van der Waals surface area contributed by atoms with E-state index >= 15 is 0 Å². The molecule has 0 aliphatic heterocycles. The fourth-order valence-electron chi connectivity index (χ4n) is 0.662. The van der Waals surface area contributed by atoms with Crippen molar-refractivity contribution >= 4 is 28.3 Å². The maximum absolute atomic E-state index is 11.8. The first-order valence-electron chi connectivity index (χ1n) is 3.05. The molecular formula is C6H4F3IN2O. The third kappa shape index (κ3) is 2.90. The van der Waals surface area contributed by atoms with Crippen LogP contribution in [0.4, 0.5) is 18.9 Å². The van der Waals surface area contributed by atoms with Gasteiger partial charge in [-0.25, -0.2) is 0 Å². The number of rotatable bonds is 1. The highest BCUT2D eigenvalue weighted by Gasteiger charge is 2.32. The van der Waals surface area contributed by atoms with Crippen molar-refractivity contribution in [1.82, 2.24) is 4.98 Å². The maximum atomic E-state index is 11.8. The molecule has 0 atom stereocenters. The van der Waals surface area contributed by atoms with Gasteiger partial charge < -0.3 is 10.5 Å². The summed E-state index contributed by atoms with van der Waals surface area (Å²) in [5.74, 6) is -0.400. The molecule has 0 saturated carbocycles. The second-order valence-corrected chi connectivity index (χ2v) is 3.25. The van der Waals surface area contributed by atoms with Gasteiger partial charge in [0.1, 0.15) is 0 Å². The van der Waals surface area contributed by atoms with Gasteiger partial charge in [0.2, 0.25) is 0 Å². The number of hydrogen-bond donors (Lipinski definition) is 1. The van der Waals surface area contributed by atoms with Crippen LogP contribution in [0.3, 0.4) is 0 Å². The Kier molecular flexibility index (Phi) is 2.84. The molecule has 1 aromatic heterocycles. The fraction of sp³-hybridized carbons (Fsp3) is 0.167. The van der Waals surface area contributed by atoms with Crippen molar-refractivity contribution in [2.45, 2.75) is 6.36 Å². The third-order valence-electron chi connectivity index (χ3n) is 1.10. The van der Waals surface area contributed by atoms with E-state index in [4.69, 9.17) is 5.73 Å². The van der Waals surface area contributed by atoms with E-state index in [9.17, 15) is 13.2 Å². The van der Waals surface area contributed by atoms with E-state index in [1.807, 2.05) is 0 Å². The summed E-state index contributed by atoms with van der Waals surface area (Å²) in [5.41, 5.74) is 5.10. The van der Waals surface area contributed by atoms with E-state index < -0.39 is 12.1 Å². The zero-order valence-electron chi connectivity index (χ0n) is 6.10. The lowest BCUT2D eigenvalue weighted by Gasteiger charge is -2.11. The molecule has 7 heteroatoms. The Balaban J connectivity index is 3.00. The third-order valence-corrected chi connectivity index (χ3v) is 1.87. The van der Waals surface area contributed by atoms with Gasteiger partial charge in [-0.15, -0.1) is 13.2 Å². The minimum Gasteiger partial charge on any atom is -0.402 e. The molecule has 1 aromatic rings. The number of alkyl halides is 3. The van der Waals surface area contributed by atoms with E-state index in [1.54, 1.807) is 22.6 Å². The van der Waals surface area contributed by atoms with Crippen LogP contribution in [0, 0.1) is 3.57 Å². The number of nitrogens with zero attached hydrogens (tertiary/aromatic N) is 1. The highest BCUT2D eigenvalue weighted by Crippen LogP contribution is 2.31. The number of anilines is 1. The van der Waals surface area contributed by atoms with Crippen LogP contribution in [0.25, 0.3) is 0 Å². The molecule has 2 N–H and O–H groups in total. The topological polar surface area (TPSA) is 48.1 Å². The molecule has 0 spiro atoms. The second kappa shape index (κ2) is 3.56. The van der Waals surface area contributed by atoms with E-state index in [2.05, 4.69) is 9.72 Å². The van der Waals surface area contributed by atoms with Crippen molar-refractivity contribution in [2.75, 3.05) is 5.73 Å². The average Bonchev–Trinajstić information content (AvgIpc) is 1.95. The first-order chi connectivity index (χ1) is 5.90. The number of halogens is 4. The largest absolute Gasteiger partial charge is 0.573 e. The summed E-state index contributed by atoms with van der Waals surface area (Å²) in [6, 6.07) is 0. The number of hydrogen-bond acceptors (Lipinski definition) is 3. The molecule has 0 bridgehead atoms. The average molecular weight is 304 g/mol. The van der Waals surface area contributed by atoms with E-state index in [0.717, 1.165) is 6.20 Å². The Bertz CT molecular complexity index is 295. The van der Waals surface area contributed by atoms with Crippen LogP contribution in [-0.2, 0) is 0 Å². The van der Waals surface area contributed by atoms with Gasteiger partial charge in [-0.05, 0) is 22.6 Å². The quantitative estimate of drug-likeness (QED) is 0.809. The lowest BCUT2D eigenvalue weighted by Crippen LogP contribution is -2.18. The van der Waals surface area contributed by atoms with Crippen LogP contribution in [0.15, 0.2) is 12.4 Å². The molecule has 3 nitrogen and oxygen atoms in total. The molecule has 0 aliphatic rings. The molecule has 0 radical (unpaired) electrons. The van der Waals surface area contributed by atoms with Crippen molar-refractivity contribution in [2.24, 2.45) is 0 Å². The molecule has 0 unspecified atom stereocenters. The first-order valence-corrected chi connectivity index (χ1v) is 4.13. The summed E-state index contributed by atoms with van der Waals surface area (Å²) >= 11 is 1.66. The zero-order valence-corrected chi connectivity index (χ0v) is 8.26. The van der Waals surface area contributed by atoms with Crippen LogP contribution in [0.1, 0.15) is 0 Å². The highest BCUT2D eigenvalue weighted by molar-refractivity contribution is 14.1.